The van der Waals surface area contributed by atoms with E-state index < -0.39 is 0 Å². The van der Waals surface area contributed by atoms with E-state index in [9.17, 15) is 4.79 Å². The Morgan fingerprint density at radius 2 is 2.26 bits per heavy atom. The first-order valence-electron chi connectivity index (χ1n) is 8.00. The molecule has 1 aromatic carbocycles. The lowest BCUT2D eigenvalue weighted by Crippen LogP contribution is -2.29. The van der Waals surface area contributed by atoms with Crippen LogP contribution in [0, 0.1) is 0 Å². The van der Waals surface area contributed by atoms with E-state index in [1.54, 1.807) is 7.11 Å². The summed E-state index contributed by atoms with van der Waals surface area (Å²) in [7, 11) is 1.64. The van der Waals surface area contributed by atoms with E-state index >= 15 is 0 Å². The summed E-state index contributed by atoms with van der Waals surface area (Å²) in [6, 6.07) is 7.49. The summed E-state index contributed by atoms with van der Waals surface area (Å²) in [4.78, 5) is 12.1. The molecule has 1 aliphatic carbocycles. The summed E-state index contributed by atoms with van der Waals surface area (Å²) in [6.45, 7) is 2.67. The Labute approximate surface area is 135 Å². The number of amides is 2. The summed E-state index contributed by atoms with van der Waals surface area (Å²) in [5.41, 5.74) is 3.44. The molecule has 6 heteroatoms. The van der Waals surface area contributed by atoms with Crippen LogP contribution in [0.1, 0.15) is 37.8 Å². The highest BCUT2D eigenvalue weighted by Gasteiger charge is 2.30. The standard InChI is InChI=1S/C17H22N4O2/c1-3-9-18-17(22)19-16-14(11-7-8-11)20-21-15(16)12-5-4-6-13(10-12)23-2/h4-6,10-11H,3,7-9H2,1-2H3,(H,20,21)(H2,18,19,22). The number of ether oxygens (including phenoxy) is 1. The van der Waals surface area contributed by atoms with Crippen LogP contribution in [0.5, 0.6) is 5.75 Å². The number of aromatic nitrogens is 2. The molecule has 1 saturated carbocycles. The molecule has 6 nitrogen and oxygen atoms in total. The molecule has 0 aliphatic heterocycles. The Bertz CT molecular complexity index is 692. The molecule has 3 rings (SSSR count). The minimum absolute atomic E-state index is 0.195. The van der Waals surface area contributed by atoms with E-state index in [2.05, 4.69) is 20.8 Å². The van der Waals surface area contributed by atoms with Crippen molar-refractivity contribution in [1.82, 2.24) is 15.5 Å². The minimum Gasteiger partial charge on any atom is -0.497 e. The maximum Gasteiger partial charge on any atom is 0.319 e. The number of nitrogens with zero attached hydrogens (tertiary/aromatic N) is 1. The van der Waals surface area contributed by atoms with Crippen molar-refractivity contribution in [3.8, 4) is 17.0 Å². The number of rotatable bonds is 6. The Morgan fingerprint density at radius 1 is 1.43 bits per heavy atom. The van der Waals surface area contributed by atoms with E-state index in [1.165, 1.54) is 0 Å². The maximum absolute atomic E-state index is 12.1. The number of methoxy groups -OCH3 is 1. The average molecular weight is 314 g/mol. The Balaban J connectivity index is 1.91. The zero-order chi connectivity index (χ0) is 16.2. The molecule has 3 N–H and O–H groups in total. The molecule has 0 unspecified atom stereocenters. The van der Waals surface area contributed by atoms with Crippen LogP contribution in [0.2, 0.25) is 0 Å². The van der Waals surface area contributed by atoms with E-state index in [0.717, 1.165) is 47.7 Å². The first kappa shape index (κ1) is 15.4. The van der Waals surface area contributed by atoms with Crippen molar-refractivity contribution < 1.29 is 9.53 Å². The second-order valence-corrected chi connectivity index (χ2v) is 5.75. The molecular weight excluding hydrogens is 292 g/mol. The average Bonchev–Trinajstić information content (AvgIpc) is 3.34. The Morgan fingerprint density at radius 3 is 2.96 bits per heavy atom. The van der Waals surface area contributed by atoms with Gasteiger partial charge in [-0.3, -0.25) is 5.10 Å². The smallest absolute Gasteiger partial charge is 0.319 e. The predicted molar refractivity (Wildman–Crippen MR) is 89.9 cm³/mol. The lowest BCUT2D eigenvalue weighted by atomic mass is 10.1. The zero-order valence-corrected chi connectivity index (χ0v) is 13.5. The topological polar surface area (TPSA) is 79.0 Å². The van der Waals surface area contributed by atoms with Crippen LogP contribution in [0.25, 0.3) is 11.3 Å². The lowest BCUT2D eigenvalue weighted by molar-refractivity contribution is 0.252. The van der Waals surface area contributed by atoms with Gasteiger partial charge in [0.15, 0.2) is 0 Å². The summed E-state index contributed by atoms with van der Waals surface area (Å²) in [5.74, 6) is 1.23. The predicted octanol–water partition coefficient (Wildman–Crippen LogP) is 3.49. The number of aromatic amines is 1. The molecule has 0 radical (unpaired) electrons. The number of hydrogen-bond acceptors (Lipinski definition) is 3. The van der Waals surface area contributed by atoms with Gasteiger partial charge in [0, 0.05) is 18.0 Å². The number of nitrogens with one attached hydrogen (secondary N) is 3. The van der Waals surface area contributed by atoms with Crippen LogP contribution in [-0.4, -0.2) is 29.9 Å². The van der Waals surface area contributed by atoms with Gasteiger partial charge in [-0.15, -0.1) is 0 Å². The number of anilines is 1. The van der Waals surface area contributed by atoms with Gasteiger partial charge >= 0.3 is 6.03 Å². The van der Waals surface area contributed by atoms with E-state index in [1.807, 2.05) is 31.2 Å². The SMILES string of the molecule is CCCNC(=O)Nc1c(-c2cccc(OC)c2)n[nH]c1C1CC1. The van der Waals surface area contributed by atoms with Gasteiger partial charge in [0.05, 0.1) is 18.5 Å². The molecule has 1 aliphatic rings. The lowest BCUT2D eigenvalue weighted by Gasteiger charge is -2.10. The van der Waals surface area contributed by atoms with E-state index in [-0.39, 0.29) is 6.03 Å². The first-order chi connectivity index (χ1) is 11.2. The van der Waals surface area contributed by atoms with Gasteiger partial charge in [0.2, 0.25) is 0 Å². The van der Waals surface area contributed by atoms with Crippen molar-refractivity contribution in [3.63, 3.8) is 0 Å². The molecule has 122 valence electrons. The third-order valence-corrected chi connectivity index (χ3v) is 3.90. The third kappa shape index (κ3) is 3.47. The van der Waals surface area contributed by atoms with Gasteiger partial charge in [0.1, 0.15) is 11.4 Å². The zero-order valence-electron chi connectivity index (χ0n) is 13.5. The van der Waals surface area contributed by atoms with Gasteiger partial charge in [-0.1, -0.05) is 19.1 Å². The second kappa shape index (κ2) is 6.73. The number of urea groups is 1. The van der Waals surface area contributed by atoms with Crippen molar-refractivity contribution in [2.24, 2.45) is 0 Å². The van der Waals surface area contributed by atoms with E-state index in [4.69, 9.17) is 4.74 Å². The number of benzene rings is 1. The normalized spacial score (nSPS) is 13.7. The quantitative estimate of drug-likeness (QED) is 0.763. The van der Waals surface area contributed by atoms with Crippen LogP contribution in [0.3, 0.4) is 0 Å². The van der Waals surface area contributed by atoms with Gasteiger partial charge < -0.3 is 15.4 Å². The molecule has 2 amide bonds. The highest BCUT2D eigenvalue weighted by molar-refractivity contribution is 5.94. The number of carbonyl (C=O) groups excluding carboxylic acids is 1. The molecule has 1 fully saturated rings. The summed E-state index contributed by atoms with van der Waals surface area (Å²) >= 11 is 0. The van der Waals surface area contributed by atoms with Gasteiger partial charge in [-0.2, -0.15) is 5.10 Å². The molecule has 0 spiro atoms. The highest BCUT2D eigenvalue weighted by atomic mass is 16.5. The summed E-state index contributed by atoms with van der Waals surface area (Å²) in [5, 5.41) is 13.3. The first-order valence-corrected chi connectivity index (χ1v) is 8.00. The summed E-state index contributed by atoms with van der Waals surface area (Å²) < 4.78 is 5.28. The molecule has 0 bridgehead atoms. The molecule has 2 aromatic rings. The van der Waals surface area contributed by atoms with Crippen LogP contribution >= 0.6 is 0 Å². The molecule has 1 aromatic heterocycles. The number of carbonyl (C=O) groups is 1. The number of H-pyrrole nitrogens is 1. The van der Waals surface area contributed by atoms with Crippen LogP contribution in [0.15, 0.2) is 24.3 Å². The van der Waals surface area contributed by atoms with Crippen molar-refractivity contribution in [2.45, 2.75) is 32.1 Å². The Hall–Kier alpha value is -2.50. The van der Waals surface area contributed by atoms with Gasteiger partial charge in [-0.25, -0.2) is 4.79 Å². The molecule has 0 atom stereocenters. The largest absolute Gasteiger partial charge is 0.497 e. The van der Waals surface area contributed by atoms with E-state index in [0.29, 0.717) is 12.5 Å². The molecular formula is C17H22N4O2. The Kier molecular flexibility index (Phi) is 4.50. The minimum atomic E-state index is -0.195. The van der Waals surface area contributed by atoms with Crippen molar-refractivity contribution in [1.29, 1.82) is 0 Å². The second-order valence-electron chi connectivity index (χ2n) is 5.75. The monoisotopic (exact) mass is 314 g/mol. The fraction of sp³-hybridized carbons (Fsp3) is 0.412. The molecule has 23 heavy (non-hydrogen) atoms. The van der Waals surface area contributed by atoms with Gasteiger partial charge in [0.25, 0.3) is 0 Å². The van der Waals surface area contributed by atoms with Crippen LogP contribution in [0.4, 0.5) is 10.5 Å². The van der Waals surface area contributed by atoms with Crippen molar-refractivity contribution >= 4 is 11.7 Å². The fourth-order valence-corrected chi connectivity index (χ4v) is 2.52. The summed E-state index contributed by atoms with van der Waals surface area (Å²) in [6.07, 6.45) is 3.16. The highest BCUT2D eigenvalue weighted by Crippen LogP contribution is 2.45. The number of hydrogen-bond donors (Lipinski definition) is 3. The van der Waals surface area contributed by atoms with Crippen molar-refractivity contribution in [2.75, 3.05) is 19.0 Å². The maximum atomic E-state index is 12.1. The van der Waals surface area contributed by atoms with Gasteiger partial charge in [-0.05, 0) is 31.4 Å². The third-order valence-electron chi connectivity index (χ3n) is 3.90. The molecule has 1 heterocycles. The fourth-order valence-electron chi connectivity index (χ4n) is 2.52. The van der Waals surface area contributed by atoms with Crippen LogP contribution in [-0.2, 0) is 0 Å². The van der Waals surface area contributed by atoms with Crippen molar-refractivity contribution in [3.05, 3.63) is 30.0 Å². The molecule has 0 saturated heterocycles. The van der Waals surface area contributed by atoms with Crippen LogP contribution < -0.4 is 15.4 Å².